The quantitative estimate of drug-likeness (QED) is 0.753. The lowest BCUT2D eigenvalue weighted by molar-refractivity contribution is -0.0114. The number of hydrogen-bond donors (Lipinski definition) is 0. The maximum atomic E-state index is 10.7. The third-order valence-electron chi connectivity index (χ3n) is 3.02. The summed E-state index contributed by atoms with van der Waals surface area (Å²) >= 11 is 0. The number of benzene rings is 1. The summed E-state index contributed by atoms with van der Waals surface area (Å²) in [5.41, 5.74) is 0.579. The Labute approximate surface area is 107 Å². The monoisotopic (exact) mass is 250 g/mol. The summed E-state index contributed by atoms with van der Waals surface area (Å²) in [5.74, 6) is 1.23. The molecule has 4 nitrogen and oxygen atoms in total. The van der Waals surface area contributed by atoms with Crippen LogP contribution in [0.3, 0.4) is 0 Å². The molecule has 1 aromatic rings. The van der Waals surface area contributed by atoms with Gasteiger partial charge in [0, 0.05) is 12.2 Å². The van der Waals surface area contributed by atoms with E-state index in [1.807, 2.05) is 0 Å². The van der Waals surface area contributed by atoms with Gasteiger partial charge in [0.2, 0.25) is 0 Å². The van der Waals surface area contributed by atoms with Gasteiger partial charge in [0.05, 0.1) is 13.2 Å². The number of carbonyl (C=O) groups is 1. The number of ether oxygens (including phenoxy) is 3. The summed E-state index contributed by atoms with van der Waals surface area (Å²) in [6.45, 7) is 1.30. The van der Waals surface area contributed by atoms with Crippen LogP contribution in [0.15, 0.2) is 18.2 Å². The molecule has 0 amide bonds. The molecule has 0 spiro atoms. The van der Waals surface area contributed by atoms with Crippen molar-refractivity contribution >= 4 is 6.29 Å². The van der Waals surface area contributed by atoms with Gasteiger partial charge in [-0.15, -0.1) is 0 Å². The molecule has 18 heavy (non-hydrogen) atoms. The van der Waals surface area contributed by atoms with Crippen molar-refractivity contribution in [3.63, 3.8) is 0 Å². The predicted octanol–water partition coefficient (Wildman–Crippen LogP) is 2.46. The zero-order chi connectivity index (χ0) is 12.8. The van der Waals surface area contributed by atoms with Crippen molar-refractivity contribution in [1.29, 1.82) is 0 Å². The van der Waals surface area contributed by atoms with Crippen molar-refractivity contribution in [2.45, 2.75) is 25.4 Å². The summed E-state index contributed by atoms with van der Waals surface area (Å²) in [4.78, 5) is 10.7. The van der Waals surface area contributed by atoms with Gasteiger partial charge in [-0.3, -0.25) is 4.79 Å². The molecule has 0 saturated carbocycles. The highest BCUT2D eigenvalue weighted by atomic mass is 16.5. The SMILES string of the molecule is COc1ccc(C=O)cc1OC[C@H]1CCCCO1. The van der Waals surface area contributed by atoms with E-state index in [-0.39, 0.29) is 6.10 Å². The largest absolute Gasteiger partial charge is 0.493 e. The maximum Gasteiger partial charge on any atom is 0.162 e. The van der Waals surface area contributed by atoms with Gasteiger partial charge in [0.1, 0.15) is 12.9 Å². The zero-order valence-electron chi connectivity index (χ0n) is 10.6. The highest BCUT2D eigenvalue weighted by Crippen LogP contribution is 2.28. The molecular formula is C14H18O4. The van der Waals surface area contributed by atoms with Gasteiger partial charge in [-0.05, 0) is 37.5 Å². The summed E-state index contributed by atoms with van der Waals surface area (Å²) in [6.07, 6.45) is 4.27. The van der Waals surface area contributed by atoms with Crippen LogP contribution in [0.2, 0.25) is 0 Å². The molecule has 1 aliphatic rings. The zero-order valence-corrected chi connectivity index (χ0v) is 10.6. The molecule has 1 fully saturated rings. The third-order valence-corrected chi connectivity index (χ3v) is 3.02. The molecule has 98 valence electrons. The smallest absolute Gasteiger partial charge is 0.162 e. The first-order valence-corrected chi connectivity index (χ1v) is 6.21. The Balaban J connectivity index is 1.99. The average molecular weight is 250 g/mol. The van der Waals surface area contributed by atoms with E-state index in [9.17, 15) is 4.79 Å². The van der Waals surface area contributed by atoms with Gasteiger partial charge in [-0.2, -0.15) is 0 Å². The fourth-order valence-corrected chi connectivity index (χ4v) is 2.00. The van der Waals surface area contributed by atoms with Crippen LogP contribution in [0, 0.1) is 0 Å². The van der Waals surface area contributed by atoms with Crippen LogP contribution in [-0.2, 0) is 4.74 Å². The third kappa shape index (κ3) is 3.23. The van der Waals surface area contributed by atoms with E-state index in [0.717, 1.165) is 25.7 Å². The van der Waals surface area contributed by atoms with Gasteiger partial charge in [-0.1, -0.05) is 0 Å². The lowest BCUT2D eigenvalue weighted by Crippen LogP contribution is -2.25. The summed E-state index contributed by atoms with van der Waals surface area (Å²) in [5, 5.41) is 0. The average Bonchev–Trinajstić information content (AvgIpc) is 2.45. The molecule has 1 saturated heterocycles. The molecule has 0 bridgehead atoms. The number of carbonyl (C=O) groups excluding carboxylic acids is 1. The molecule has 0 radical (unpaired) electrons. The van der Waals surface area contributed by atoms with E-state index < -0.39 is 0 Å². The van der Waals surface area contributed by atoms with Crippen LogP contribution in [0.5, 0.6) is 11.5 Å². The molecular weight excluding hydrogens is 232 g/mol. The Kier molecular flexibility index (Phi) is 4.59. The van der Waals surface area contributed by atoms with Crippen molar-refractivity contribution in [2.24, 2.45) is 0 Å². The van der Waals surface area contributed by atoms with Crippen LogP contribution < -0.4 is 9.47 Å². The standard InChI is InChI=1S/C14H18O4/c1-16-13-6-5-11(9-15)8-14(13)18-10-12-4-2-3-7-17-12/h5-6,8-9,12H,2-4,7,10H2,1H3/t12-/m1/s1. The Hall–Kier alpha value is -1.55. The number of hydrogen-bond acceptors (Lipinski definition) is 4. The van der Waals surface area contributed by atoms with Crippen LogP contribution in [0.25, 0.3) is 0 Å². The normalized spacial score (nSPS) is 19.3. The van der Waals surface area contributed by atoms with Gasteiger partial charge in [0.15, 0.2) is 11.5 Å². The second-order valence-electron chi connectivity index (χ2n) is 4.33. The highest BCUT2D eigenvalue weighted by molar-refractivity contribution is 5.76. The molecule has 1 aromatic carbocycles. The van der Waals surface area contributed by atoms with Crippen molar-refractivity contribution in [2.75, 3.05) is 20.3 Å². The van der Waals surface area contributed by atoms with E-state index in [2.05, 4.69) is 0 Å². The molecule has 2 rings (SSSR count). The molecule has 0 aromatic heterocycles. The van der Waals surface area contributed by atoms with E-state index in [4.69, 9.17) is 14.2 Å². The molecule has 0 aliphatic carbocycles. The Morgan fingerprint density at radius 3 is 2.94 bits per heavy atom. The van der Waals surface area contributed by atoms with Crippen LogP contribution in [0.4, 0.5) is 0 Å². The number of methoxy groups -OCH3 is 1. The maximum absolute atomic E-state index is 10.7. The first kappa shape index (κ1) is 12.9. The van der Waals surface area contributed by atoms with Crippen molar-refractivity contribution in [3.8, 4) is 11.5 Å². The minimum atomic E-state index is 0.142. The lowest BCUT2D eigenvalue weighted by atomic mass is 10.1. The first-order chi connectivity index (χ1) is 8.83. The van der Waals surface area contributed by atoms with Crippen molar-refractivity contribution in [3.05, 3.63) is 23.8 Å². The molecule has 1 heterocycles. The summed E-state index contributed by atoms with van der Waals surface area (Å²) in [6, 6.07) is 5.13. The minimum Gasteiger partial charge on any atom is -0.493 e. The highest BCUT2D eigenvalue weighted by Gasteiger charge is 2.15. The van der Waals surface area contributed by atoms with Crippen molar-refractivity contribution in [1.82, 2.24) is 0 Å². The minimum absolute atomic E-state index is 0.142. The van der Waals surface area contributed by atoms with Crippen molar-refractivity contribution < 1.29 is 19.0 Å². The van der Waals surface area contributed by atoms with E-state index in [1.54, 1.807) is 25.3 Å². The first-order valence-electron chi connectivity index (χ1n) is 6.21. The van der Waals surface area contributed by atoms with Crippen LogP contribution in [-0.4, -0.2) is 32.7 Å². The lowest BCUT2D eigenvalue weighted by Gasteiger charge is -2.23. The van der Waals surface area contributed by atoms with Gasteiger partial charge >= 0.3 is 0 Å². The summed E-state index contributed by atoms with van der Waals surface area (Å²) < 4.78 is 16.5. The molecule has 4 heteroatoms. The summed E-state index contributed by atoms with van der Waals surface area (Å²) in [7, 11) is 1.58. The Morgan fingerprint density at radius 1 is 1.39 bits per heavy atom. The fraction of sp³-hybridized carbons (Fsp3) is 0.500. The van der Waals surface area contributed by atoms with Crippen LogP contribution >= 0.6 is 0 Å². The van der Waals surface area contributed by atoms with Crippen LogP contribution in [0.1, 0.15) is 29.6 Å². The number of aldehydes is 1. The Morgan fingerprint density at radius 2 is 2.28 bits per heavy atom. The van der Waals surface area contributed by atoms with E-state index in [1.165, 1.54) is 6.42 Å². The molecule has 1 aliphatic heterocycles. The fourth-order valence-electron chi connectivity index (χ4n) is 2.00. The van der Waals surface area contributed by atoms with Gasteiger partial charge < -0.3 is 14.2 Å². The molecule has 0 N–H and O–H groups in total. The van der Waals surface area contributed by atoms with Gasteiger partial charge in [-0.25, -0.2) is 0 Å². The number of rotatable bonds is 5. The second-order valence-corrected chi connectivity index (χ2v) is 4.33. The van der Waals surface area contributed by atoms with Gasteiger partial charge in [0.25, 0.3) is 0 Å². The van der Waals surface area contributed by atoms with E-state index in [0.29, 0.717) is 23.7 Å². The second kappa shape index (κ2) is 6.40. The molecule has 0 unspecified atom stereocenters. The Bertz CT molecular complexity index is 397. The molecule has 1 atom stereocenters. The van der Waals surface area contributed by atoms with E-state index >= 15 is 0 Å². The topological polar surface area (TPSA) is 44.8 Å². The predicted molar refractivity (Wildman–Crippen MR) is 67.5 cm³/mol.